The fourth-order valence-electron chi connectivity index (χ4n) is 1.60. The largest absolute Gasteiger partial charge is 0.394 e. The van der Waals surface area contributed by atoms with Gasteiger partial charge in [0.15, 0.2) is 0 Å². The first-order valence-electron chi connectivity index (χ1n) is 5.74. The second-order valence-electron chi connectivity index (χ2n) is 4.07. The van der Waals surface area contributed by atoms with Crippen molar-refractivity contribution >= 4 is 38.9 Å². The monoisotopic (exact) mass is 360 g/mol. The number of hydrogen-bond acceptors (Lipinski definition) is 3. The standard InChI is InChI=1S/C13H11BrF2N2OS/c14-11-2-1-8(20-11)3-4-18-13(19)7-5-9(15)12(17)10(16)6-7/h1-2,5-6H,3-4,17H2,(H,18,19). The van der Waals surface area contributed by atoms with Crippen LogP contribution in [0.3, 0.4) is 0 Å². The van der Waals surface area contributed by atoms with E-state index in [9.17, 15) is 13.6 Å². The predicted octanol–water partition coefficient (Wildman–Crippen LogP) is 3.34. The molecule has 0 radical (unpaired) electrons. The van der Waals surface area contributed by atoms with E-state index in [2.05, 4.69) is 21.2 Å². The van der Waals surface area contributed by atoms with E-state index in [1.165, 1.54) is 0 Å². The maximum Gasteiger partial charge on any atom is 0.251 e. The molecule has 1 heterocycles. The molecule has 3 nitrogen and oxygen atoms in total. The Hall–Kier alpha value is -1.47. The van der Waals surface area contributed by atoms with Crippen molar-refractivity contribution in [2.24, 2.45) is 0 Å². The fraction of sp³-hybridized carbons (Fsp3) is 0.154. The number of nitrogen functional groups attached to an aromatic ring is 1. The molecular weight excluding hydrogens is 350 g/mol. The minimum absolute atomic E-state index is 0.0819. The second kappa shape index (κ2) is 6.32. The number of anilines is 1. The number of nitrogens with two attached hydrogens (primary N) is 1. The van der Waals surface area contributed by atoms with Crippen molar-refractivity contribution in [3.05, 3.63) is 50.1 Å². The molecule has 1 aromatic carbocycles. The van der Waals surface area contributed by atoms with Crippen molar-refractivity contribution in [1.82, 2.24) is 5.32 Å². The summed E-state index contributed by atoms with van der Waals surface area (Å²) in [6, 6.07) is 5.72. The molecule has 0 saturated heterocycles. The number of benzene rings is 1. The van der Waals surface area contributed by atoms with Crippen LogP contribution in [0, 0.1) is 11.6 Å². The van der Waals surface area contributed by atoms with Crippen LogP contribution in [0.25, 0.3) is 0 Å². The van der Waals surface area contributed by atoms with E-state index in [-0.39, 0.29) is 5.56 Å². The summed E-state index contributed by atoms with van der Waals surface area (Å²) in [4.78, 5) is 12.9. The number of amides is 1. The van der Waals surface area contributed by atoms with Crippen molar-refractivity contribution in [3.8, 4) is 0 Å². The molecule has 0 bridgehead atoms. The molecule has 0 aliphatic rings. The summed E-state index contributed by atoms with van der Waals surface area (Å²) in [6.45, 7) is 0.388. The van der Waals surface area contributed by atoms with Crippen LogP contribution in [0.15, 0.2) is 28.1 Å². The Kier molecular flexibility index (Phi) is 4.72. The van der Waals surface area contributed by atoms with Crippen LogP contribution in [0.5, 0.6) is 0 Å². The van der Waals surface area contributed by atoms with E-state index in [0.717, 1.165) is 20.8 Å². The third kappa shape index (κ3) is 3.55. The first-order chi connectivity index (χ1) is 9.47. The lowest BCUT2D eigenvalue weighted by molar-refractivity contribution is 0.0953. The van der Waals surface area contributed by atoms with Crippen LogP contribution in [-0.4, -0.2) is 12.5 Å². The Morgan fingerprint density at radius 3 is 2.50 bits per heavy atom. The molecule has 0 unspecified atom stereocenters. The third-order valence-corrected chi connectivity index (χ3v) is 4.31. The average Bonchev–Trinajstić information content (AvgIpc) is 2.81. The summed E-state index contributed by atoms with van der Waals surface area (Å²) in [6.07, 6.45) is 0.655. The summed E-state index contributed by atoms with van der Waals surface area (Å²) in [7, 11) is 0. The van der Waals surface area contributed by atoms with E-state index in [1.54, 1.807) is 11.3 Å². The van der Waals surface area contributed by atoms with Gasteiger partial charge >= 0.3 is 0 Å². The summed E-state index contributed by atoms with van der Waals surface area (Å²) < 4.78 is 27.5. The molecule has 0 fully saturated rings. The van der Waals surface area contributed by atoms with Crippen LogP contribution >= 0.6 is 27.3 Å². The molecule has 0 saturated carbocycles. The highest BCUT2D eigenvalue weighted by Crippen LogP contribution is 2.22. The van der Waals surface area contributed by atoms with E-state index in [4.69, 9.17) is 5.73 Å². The summed E-state index contributed by atoms with van der Waals surface area (Å²) >= 11 is 4.92. The van der Waals surface area contributed by atoms with Gasteiger partial charge in [-0.2, -0.15) is 0 Å². The van der Waals surface area contributed by atoms with Gasteiger partial charge in [-0.25, -0.2) is 8.78 Å². The Labute approximate surface area is 126 Å². The first-order valence-corrected chi connectivity index (χ1v) is 7.35. The van der Waals surface area contributed by atoms with Gasteiger partial charge < -0.3 is 11.1 Å². The number of rotatable bonds is 4. The Morgan fingerprint density at radius 1 is 1.30 bits per heavy atom. The van der Waals surface area contributed by atoms with Crippen molar-refractivity contribution < 1.29 is 13.6 Å². The summed E-state index contributed by atoms with van der Waals surface area (Å²) in [5.41, 5.74) is 4.48. The van der Waals surface area contributed by atoms with Crippen molar-refractivity contribution in [2.75, 3.05) is 12.3 Å². The molecule has 0 aliphatic carbocycles. The SMILES string of the molecule is Nc1c(F)cc(C(=O)NCCc2ccc(Br)s2)cc1F. The Balaban J connectivity index is 1.95. The fourth-order valence-corrected chi connectivity index (χ4v) is 3.09. The van der Waals surface area contributed by atoms with Gasteiger partial charge in [0.05, 0.1) is 3.79 Å². The zero-order valence-corrected chi connectivity index (χ0v) is 12.7. The van der Waals surface area contributed by atoms with E-state index >= 15 is 0 Å². The van der Waals surface area contributed by atoms with Crippen LogP contribution in [0.2, 0.25) is 0 Å². The Bertz CT molecular complexity index is 622. The molecule has 1 aromatic heterocycles. The van der Waals surface area contributed by atoms with Gasteiger partial charge in [0.2, 0.25) is 0 Å². The normalized spacial score (nSPS) is 10.6. The zero-order chi connectivity index (χ0) is 14.7. The number of nitrogens with one attached hydrogen (secondary N) is 1. The van der Waals surface area contributed by atoms with Crippen molar-refractivity contribution in [3.63, 3.8) is 0 Å². The molecule has 0 atom stereocenters. The first kappa shape index (κ1) is 14.9. The third-order valence-electron chi connectivity index (χ3n) is 2.63. The number of thiophene rings is 1. The van der Waals surface area contributed by atoms with Crippen molar-refractivity contribution in [1.29, 1.82) is 0 Å². The maximum atomic E-state index is 13.2. The minimum atomic E-state index is -0.933. The number of carbonyl (C=O) groups excluding carboxylic acids is 1. The zero-order valence-electron chi connectivity index (χ0n) is 10.3. The smallest absolute Gasteiger partial charge is 0.251 e. The van der Waals surface area contributed by atoms with Gasteiger partial charge in [-0.1, -0.05) is 0 Å². The minimum Gasteiger partial charge on any atom is -0.394 e. The van der Waals surface area contributed by atoms with Gasteiger partial charge in [-0.3, -0.25) is 4.79 Å². The highest BCUT2D eigenvalue weighted by molar-refractivity contribution is 9.11. The Morgan fingerprint density at radius 2 is 1.95 bits per heavy atom. The van der Waals surface area contributed by atoms with Gasteiger partial charge in [0, 0.05) is 17.0 Å². The highest BCUT2D eigenvalue weighted by Gasteiger charge is 2.12. The van der Waals surface area contributed by atoms with Gasteiger partial charge in [0.25, 0.3) is 5.91 Å². The van der Waals surface area contributed by atoms with E-state index < -0.39 is 23.2 Å². The van der Waals surface area contributed by atoms with E-state index in [0.29, 0.717) is 13.0 Å². The molecule has 106 valence electrons. The topological polar surface area (TPSA) is 55.1 Å². The molecule has 1 amide bonds. The van der Waals surface area contributed by atoms with Crippen LogP contribution in [0.1, 0.15) is 15.2 Å². The average molecular weight is 361 g/mol. The van der Waals surface area contributed by atoms with Crippen LogP contribution in [-0.2, 0) is 6.42 Å². The number of hydrogen-bond donors (Lipinski definition) is 2. The lowest BCUT2D eigenvalue weighted by atomic mass is 10.1. The predicted molar refractivity (Wildman–Crippen MR) is 78.8 cm³/mol. The second-order valence-corrected chi connectivity index (χ2v) is 6.61. The molecule has 0 spiro atoms. The quantitative estimate of drug-likeness (QED) is 0.821. The lowest BCUT2D eigenvalue weighted by Gasteiger charge is -2.06. The lowest BCUT2D eigenvalue weighted by Crippen LogP contribution is -2.25. The molecule has 3 N–H and O–H groups in total. The number of halogens is 3. The highest BCUT2D eigenvalue weighted by atomic mass is 79.9. The molecule has 0 aliphatic heterocycles. The van der Waals surface area contributed by atoms with Crippen molar-refractivity contribution in [2.45, 2.75) is 6.42 Å². The van der Waals surface area contributed by atoms with E-state index in [1.807, 2.05) is 12.1 Å². The summed E-state index contributed by atoms with van der Waals surface area (Å²) in [5, 5.41) is 2.61. The maximum absolute atomic E-state index is 13.2. The van der Waals surface area contributed by atoms with Gasteiger partial charge in [0.1, 0.15) is 17.3 Å². The summed E-state index contributed by atoms with van der Waals surface area (Å²) in [5.74, 6) is -2.40. The van der Waals surface area contributed by atoms with Gasteiger partial charge in [-0.05, 0) is 46.6 Å². The molecule has 7 heteroatoms. The number of carbonyl (C=O) groups is 1. The van der Waals surface area contributed by atoms with Crippen LogP contribution in [0.4, 0.5) is 14.5 Å². The molecular formula is C13H11BrF2N2OS. The molecule has 2 rings (SSSR count). The molecule has 20 heavy (non-hydrogen) atoms. The van der Waals surface area contributed by atoms with Crippen LogP contribution < -0.4 is 11.1 Å². The van der Waals surface area contributed by atoms with Gasteiger partial charge in [-0.15, -0.1) is 11.3 Å². The molecule has 2 aromatic rings.